The third-order valence-electron chi connectivity index (χ3n) is 4.04. The molecule has 0 radical (unpaired) electrons. The molecule has 0 amide bonds. The number of nitrogens with two attached hydrogens (primary N) is 2. The van der Waals surface area contributed by atoms with Crippen LogP contribution in [0.15, 0.2) is 17.0 Å². The molecule has 0 spiro atoms. The van der Waals surface area contributed by atoms with E-state index in [1.54, 1.807) is 6.20 Å². The minimum atomic E-state index is -1.33. The lowest BCUT2D eigenvalue weighted by molar-refractivity contribution is -0.138. The first-order valence-corrected chi connectivity index (χ1v) is 9.94. The maximum absolute atomic E-state index is 10.7. The molecule has 12 heteroatoms. The molecule has 7 N–H and O–H groups in total. The molecular formula is C15H22BrN5O5S. The van der Waals surface area contributed by atoms with Gasteiger partial charge in [-0.15, -0.1) is 0 Å². The highest BCUT2D eigenvalue weighted by atomic mass is 79.9. The lowest BCUT2D eigenvalue weighted by Gasteiger charge is -2.26. The smallest absolute Gasteiger partial charge is 0.320 e. The van der Waals surface area contributed by atoms with Gasteiger partial charge in [-0.3, -0.25) is 4.79 Å². The fourth-order valence-electron chi connectivity index (χ4n) is 2.46. The lowest BCUT2D eigenvalue weighted by Crippen LogP contribution is -2.38. The third kappa shape index (κ3) is 5.09. The maximum Gasteiger partial charge on any atom is 0.320 e. The molecule has 0 bridgehead atoms. The van der Waals surface area contributed by atoms with Gasteiger partial charge in [0.05, 0.1) is 11.5 Å². The van der Waals surface area contributed by atoms with Crippen molar-refractivity contribution in [2.75, 3.05) is 24.3 Å². The summed E-state index contributed by atoms with van der Waals surface area (Å²) in [6, 6.07) is -0.928. The number of anilines is 1. The summed E-state index contributed by atoms with van der Waals surface area (Å²) in [6.45, 7) is 0. The summed E-state index contributed by atoms with van der Waals surface area (Å²) in [7, 11) is 1.42. The van der Waals surface area contributed by atoms with Crippen LogP contribution in [0.1, 0.15) is 12.6 Å². The molecule has 2 rings (SSSR count). The van der Waals surface area contributed by atoms with Gasteiger partial charge in [0.1, 0.15) is 29.9 Å². The van der Waals surface area contributed by atoms with Gasteiger partial charge >= 0.3 is 5.97 Å². The molecule has 0 aromatic carbocycles. The van der Waals surface area contributed by atoms with Crippen LogP contribution in [-0.4, -0.2) is 72.7 Å². The minimum absolute atomic E-state index is 0.251. The Kier molecular flexibility index (Phi) is 7.82. The third-order valence-corrected chi connectivity index (χ3v) is 5.73. The zero-order valence-corrected chi connectivity index (χ0v) is 16.9. The summed E-state index contributed by atoms with van der Waals surface area (Å²) in [5.74, 6) is 0.0258. The zero-order chi connectivity index (χ0) is 20.1. The molecule has 0 aliphatic rings. The van der Waals surface area contributed by atoms with Gasteiger partial charge in [0.2, 0.25) is 0 Å². The second-order valence-corrected chi connectivity index (χ2v) is 7.83. The van der Waals surface area contributed by atoms with Gasteiger partial charge < -0.3 is 36.1 Å². The molecule has 2 aromatic heterocycles. The molecule has 10 nitrogen and oxygen atoms in total. The van der Waals surface area contributed by atoms with Crippen LogP contribution in [0.5, 0.6) is 0 Å². The lowest BCUT2D eigenvalue weighted by atomic mass is 10.2. The SMILES string of the molecule is CO[C@H](CSCC[C@H](N)C(=O)O)[C@@H](O)[C@@H](O)n1cc(Br)c2c(N)ncnc21. The average molecular weight is 464 g/mol. The number of methoxy groups -OCH3 is 1. The van der Waals surface area contributed by atoms with E-state index >= 15 is 0 Å². The number of carbonyl (C=O) groups is 1. The van der Waals surface area contributed by atoms with Crippen LogP contribution in [0.3, 0.4) is 0 Å². The molecule has 2 heterocycles. The standard InChI is InChI=1S/C15H22BrN5O5S/c1-26-9(5-27-3-2-8(17)15(24)25)11(22)14(23)21-4-7(16)10-12(18)19-6-20-13(10)21/h4,6,8-9,11,14,22-23H,2-3,5,17H2,1H3,(H,24,25)(H2,18,19,20)/t8-,9+,11+,14+/m0/s1. The molecule has 4 atom stereocenters. The number of nitrogens with zero attached hydrogens (tertiary/aromatic N) is 3. The minimum Gasteiger partial charge on any atom is -0.480 e. The highest BCUT2D eigenvalue weighted by Gasteiger charge is 2.29. The normalized spacial score (nSPS) is 16.2. The summed E-state index contributed by atoms with van der Waals surface area (Å²) in [4.78, 5) is 18.7. The van der Waals surface area contributed by atoms with Crippen molar-refractivity contribution in [2.45, 2.75) is 30.9 Å². The summed E-state index contributed by atoms with van der Waals surface area (Å²) in [5, 5.41) is 30.5. The van der Waals surface area contributed by atoms with Crippen LogP contribution in [0.2, 0.25) is 0 Å². The second kappa shape index (κ2) is 9.66. The van der Waals surface area contributed by atoms with Crippen LogP contribution in [0, 0.1) is 0 Å². The van der Waals surface area contributed by atoms with Gasteiger partial charge in [0.15, 0.2) is 6.23 Å². The Hall–Kier alpha value is -1.44. The maximum atomic E-state index is 10.7. The number of ether oxygens (including phenoxy) is 1. The molecule has 27 heavy (non-hydrogen) atoms. The summed E-state index contributed by atoms with van der Waals surface area (Å²) in [6.07, 6.45) is -0.152. The summed E-state index contributed by atoms with van der Waals surface area (Å²) >= 11 is 4.73. The number of halogens is 1. The number of aliphatic hydroxyl groups is 2. The van der Waals surface area contributed by atoms with Crippen molar-refractivity contribution in [3.05, 3.63) is 17.0 Å². The van der Waals surface area contributed by atoms with Crippen LogP contribution in [-0.2, 0) is 9.53 Å². The number of carboxylic acid groups (broad SMARTS) is 1. The van der Waals surface area contributed by atoms with Gasteiger partial charge in [0.25, 0.3) is 0 Å². The molecule has 0 fully saturated rings. The number of rotatable bonds is 10. The quantitative estimate of drug-likeness (QED) is 0.306. The van der Waals surface area contributed by atoms with Crippen LogP contribution in [0.25, 0.3) is 11.0 Å². The van der Waals surface area contributed by atoms with E-state index in [9.17, 15) is 15.0 Å². The molecule has 0 aliphatic carbocycles. The number of fused-ring (bicyclic) bond motifs is 1. The number of aliphatic carboxylic acids is 1. The van der Waals surface area contributed by atoms with E-state index in [1.165, 1.54) is 29.8 Å². The Balaban J connectivity index is 2.05. The monoisotopic (exact) mass is 463 g/mol. The van der Waals surface area contributed by atoms with Crippen molar-refractivity contribution >= 4 is 50.5 Å². The van der Waals surface area contributed by atoms with E-state index in [-0.39, 0.29) is 5.82 Å². The van der Waals surface area contributed by atoms with Crippen molar-refractivity contribution in [1.29, 1.82) is 0 Å². The van der Waals surface area contributed by atoms with Crippen LogP contribution < -0.4 is 11.5 Å². The molecule has 2 aromatic rings. The number of thioether (sulfide) groups is 1. The number of nitrogen functional groups attached to an aromatic ring is 1. The van der Waals surface area contributed by atoms with E-state index in [2.05, 4.69) is 25.9 Å². The molecule has 0 saturated carbocycles. The zero-order valence-electron chi connectivity index (χ0n) is 14.5. The van der Waals surface area contributed by atoms with Crippen LogP contribution >= 0.6 is 27.7 Å². The van der Waals surface area contributed by atoms with E-state index in [1.807, 2.05) is 0 Å². The molecule has 0 aliphatic heterocycles. The van der Waals surface area contributed by atoms with Crippen LogP contribution in [0.4, 0.5) is 5.82 Å². The number of hydrogen-bond donors (Lipinski definition) is 5. The van der Waals surface area contributed by atoms with Crippen molar-refractivity contribution in [1.82, 2.24) is 14.5 Å². The molecular weight excluding hydrogens is 442 g/mol. The highest BCUT2D eigenvalue weighted by Crippen LogP contribution is 2.31. The van der Waals surface area contributed by atoms with Crippen molar-refractivity contribution in [3.63, 3.8) is 0 Å². The summed E-state index contributed by atoms with van der Waals surface area (Å²) in [5.41, 5.74) is 11.7. The Labute approximate surface area is 168 Å². The number of aliphatic hydroxyl groups excluding tert-OH is 2. The predicted molar refractivity (Wildman–Crippen MR) is 105 cm³/mol. The van der Waals surface area contributed by atoms with Gasteiger partial charge in [-0.2, -0.15) is 11.8 Å². The molecule has 0 saturated heterocycles. The Morgan fingerprint density at radius 2 is 2.15 bits per heavy atom. The number of hydrogen-bond acceptors (Lipinski definition) is 9. The van der Waals surface area contributed by atoms with Gasteiger partial charge in [-0.05, 0) is 28.1 Å². The van der Waals surface area contributed by atoms with E-state index < -0.39 is 30.4 Å². The largest absolute Gasteiger partial charge is 0.480 e. The Morgan fingerprint density at radius 3 is 2.78 bits per heavy atom. The molecule has 150 valence electrons. The topological polar surface area (TPSA) is 170 Å². The van der Waals surface area contributed by atoms with Gasteiger partial charge in [-0.25, -0.2) is 9.97 Å². The first-order chi connectivity index (χ1) is 12.8. The van der Waals surface area contributed by atoms with Crippen molar-refractivity contribution < 1.29 is 24.9 Å². The fraction of sp³-hybridized carbons (Fsp3) is 0.533. The first-order valence-electron chi connectivity index (χ1n) is 7.99. The predicted octanol–water partition coefficient (Wildman–Crippen LogP) is 0.178. The van der Waals surface area contributed by atoms with Gasteiger partial charge in [0, 0.05) is 23.5 Å². The fourth-order valence-corrected chi connectivity index (χ4v) is 4.21. The van der Waals surface area contributed by atoms with Crippen molar-refractivity contribution in [2.24, 2.45) is 5.73 Å². The molecule has 0 unspecified atom stereocenters. The van der Waals surface area contributed by atoms with E-state index in [0.29, 0.717) is 33.4 Å². The Bertz CT molecular complexity index is 791. The van der Waals surface area contributed by atoms with Gasteiger partial charge in [-0.1, -0.05) is 0 Å². The average Bonchev–Trinajstić information content (AvgIpc) is 2.98. The number of carboxylic acids is 1. The Morgan fingerprint density at radius 1 is 1.44 bits per heavy atom. The van der Waals surface area contributed by atoms with Crippen molar-refractivity contribution in [3.8, 4) is 0 Å². The highest BCUT2D eigenvalue weighted by molar-refractivity contribution is 9.10. The first kappa shape index (κ1) is 21.9. The van der Waals surface area contributed by atoms with E-state index in [0.717, 1.165) is 0 Å². The second-order valence-electron chi connectivity index (χ2n) is 5.83. The number of aromatic nitrogens is 3. The summed E-state index contributed by atoms with van der Waals surface area (Å²) < 4.78 is 7.27. The van der Waals surface area contributed by atoms with E-state index in [4.69, 9.17) is 21.3 Å².